The molecular weight excluding hydrogens is 256 g/mol. The second-order valence-corrected chi connectivity index (χ2v) is 4.33. The van der Waals surface area contributed by atoms with Gasteiger partial charge in [-0.3, -0.25) is 4.79 Å². The molecule has 19 heavy (non-hydrogen) atoms. The molecule has 1 amide bonds. The molecule has 0 heterocycles. The van der Waals surface area contributed by atoms with Gasteiger partial charge in [-0.15, -0.1) is 0 Å². The van der Waals surface area contributed by atoms with Gasteiger partial charge in [0.05, 0.1) is 0 Å². The number of carbonyl (C=O) groups excluding carboxylic acids is 1. The Bertz CT molecular complexity index is 429. The zero-order valence-electron chi connectivity index (χ0n) is 10.9. The Balaban J connectivity index is 2.75. The van der Waals surface area contributed by atoms with Crippen LogP contribution in [0.25, 0.3) is 0 Å². The Morgan fingerprint density at radius 1 is 1.37 bits per heavy atom. The molecule has 0 fully saturated rings. The fraction of sp³-hybridized carbons (Fsp3) is 0.462. The lowest BCUT2D eigenvalue weighted by Gasteiger charge is -2.23. The summed E-state index contributed by atoms with van der Waals surface area (Å²) in [5.41, 5.74) is -2.12. The number of benzene rings is 1. The minimum atomic E-state index is -1.99. The zero-order chi connectivity index (χ0) is 14.5. The van der Waals surface area contributed by atoms with Crippen LogP contribution < -0.4 is 5.32 Å². The maximum absolute atomic E-state index is 13.1. The summed E-state index contributed by atoms with van der Waals surface area (Å²) < 4.78 is 31.0. The van der Waals surface area contributed by atoms with Crippen molar-refractivity contribution in [2.75, 3.05) is 20.3 Å². The van der Waals surface area contributed by atoms with Gasteiger partial charge in [-0.25, -0.2) is 8.78 Å². The summed E-state index contributed by atoms with van der Waals surface area (Å²) in [5, 5.41) is 12.6. The van der Waals surface area contributed by atoms with Crippen molar-refractivity contribution in [2.45, 2.75) is 18.9 Å². The summed E-state index contributed by atoms with van der Waals surface area (Å²) >= 11 is 0. The van der Waals surface area contributed by atoms with E-state index in [1.165, 1.54) is 14.0 Å². The molecule has 1 unspecified atom stereocenters. The second-order valence-electron chi connectivity index (χ2n) is 4.33. The van der Waals surface area contributed by atoms with E-state index in [4.69, 9.17) is 4.74 Å². The van der Waals surface area contributed by atoms with E-state index in [9.17, 15) is 18.7 Å². The first kappa shape index (κ1) is 15.5. The van der Waals surface area contributed by atoms with Crippen molar-refractivity contribution >= 4 is 5.91 Å². The molecule has 1 atom stereocenters. The van der Waals surface area contributed by atoms with Gasteiger partial charge in [-0.05, 0) is 31.0 Å². The van der Waals surface area contributed by atoms with Crippen molar-refractivity contribution in [1.29, 1.82) is 0 Å². The molecule has 1 aromatic carbocycles. The minimum absolute atomic E-state index is 0.130. The van der Waals surface area contributed by atoms with Crippen LogP contribution in [0.2, 0.25) is 0 Å². The molecule has 106 valence electrons. The number of hydrogen-bond acceptors (Lipinski definition) is 3. The molecule has 0 aliphatic rings. The number of halogens is 2. The normalized spacial score (nSPS) is 13.9. The molecule has 0 aliphatic heterocycles. The van der Waals surface area contributed by atoms with E-state index in [2.05, 4.69) is 5.32 Å². The fourth-order valence-electron chi connectivity index (χ4n) is 1.56. The Hall–Kier alpha value is -1.53. The molecule has 0 aliphatic carbocycles. The lowest BCUT2D eigenvalue weighted by molar-refractivity contribution is -0.139. The summed E-state index contributed by atoms with van der Waals surface area (Å²) in [6, 6.07) is 2.53. The monoisotopic (exact) mass is 273 g/mol. The van der Waals surface area contributed by atoms with Gasteiger partial charge in [0, 0.05) is 26.3 Å². The molecule has 0 aromatic heterocycles. The van der Waals surface area contributed by atoms with Crippen LogP contribution in [0.3, 0.4) is 0 Å². The Kier molecular flexibility index (Phi) is 5.38. The fourth-order valence-corrected chi connectivity index (χ4v) is 1.56. The molecule has 2 N–H and O–H groups in total. The number of rotatable bonds is 6. The third-order valence-corrected chi connectivity index (χ3v) is 2.68. The van der Waals surface area contributed by atoms with Gasteiger partial charge in [0.2, 0.25) is 0 Å². The van der Waals surface area contributed by atoms with Gasteiger partial charge in [0.15, 0.2) is 5.60 Å². The van der Waals surface area contributed by atoms with E-state index in [0.717, 1.165) is 12.1 Å². The number of hydrogen-bond donors (Lipinski definition) is 2. The van der Waals surface area contributed by atoms with Crippen LogP contribution in [0.15, 0.2) is 18.2 Å². The highest BCUT2D eigenvalue weighted by atomic mass is 19.1. The number of methoxy groups -OCH3 is 1. The van der Waals surface area contributed by atoms with E-state index < -0.39 is 23.1 Å². The maximum Gasteiger partial charge on any atom is 0.256 e. The second kappa shape index (κ2) is 6.58. The molecule has 0 saturated heterocycles. The number of nitrogens with one attached hydrogen (secondary N) is 1. The molecule has 4 nitrogen and oxygen atoms in total. The smallest absolute Gasteiger partial charge is 0.256 e. The molecule has 1 aromatic rings. The molecular formula is C13H17F2NO3. The lowest BCUT2D eigenvalue weighted by Crippen LogP contribution is -2.42. The predicted octanol–water partition coefficient (Wildman–Crippen LogP) is 1.33. The number of carbonyl (C=O) groups is 1. The van der Waals surface area contributed by atoms with Crippen molar-refractivity contribution in [3.8, 4) is 0 Å². The number of ether oxygens (including phenoxy) is 1. The first-order valence-corrected chi connectivity index (χ1v) is 5.84. The zero-order valence-corrected chi connectivity index (χ0v) is 10.9. The Labute approximate surface area is 110 Å². The highest BCUT2D eigenvalue weighted by Crippen LogP contribution is 2.22. The highest BCUT2D eigenvalue weighted by Gasteiger charge is 2.32. The van der Waals surface area contributed by atoms with Crippen LogP contribution in [0.5, 0.6) is 0 Å². The van der Waals surface area contributed by atoms with Crippen LogP contribution in [0.1, 0.15) is 18.9 Å². The van der Waals surface area contributed by atoms with E-state index in [0.29, 0.717) is 25.6 Å². The number of aliphatic hydroxyl groups is 1. The van der Waals surface area contributed by atoms with Gasteiger partial charge in [-0.1, -0.05) is 0 Å². The summed E-state index contributed by atoms with van der Waals surface area (Å²) in [7, 11) is 1.54. The summed E-state index contributed by atoms with van der Waals surface area (Å²) in [6.45, 7) is 1.96. The molecule has 0 spiro atoms. The van der Waals surface area contributed by atoms with Gasteiger partial charge in [0.1, 0.15) is 11.6 Å². The van der Waals surface area contributed by atoms with Gasteiger partial charge in [0.25, 0.3) is 5.91 Å². The van der Waals surface area contributed by atoms with Gasteiger partial charge in [-0.2, -0.15) is 0 Å². The average Bonchev–Trinajstić information content (AvgIpc) is 2.33. The quantitative estimate of drug-likeness (QED) is 0.769. The Morgan fingerprint density at radius 2 is 1.95 bits per heavy atom. The van der Waals surface area contributed by atoms with E-state index in [1.807, 2.05) is 0 Å². The molecule has 0 radical (unpaired) electrons. The van der Waals surface area contributed by atoms with Crippen molar-refractivity contribution in [3.63, 3.8) is 0 Å². The summed E-state index contributed by atoms with van der Waals surface area (Å²) in [6.07, 6.45) is 0.579. The van der Waals surface area contributed by atoms with E-state index >= 15 is 0 Å². The summed E-state index contributed by atoms with van der Waals surface area (Å²) in [5.74, 6) is -2.40. The largest absolute Gasteiger partial charge is 0.385 e. The SMILES string of the molecule is COCCCNC(=O)C(C)(O)c1cc(F)cc(F)c1. The van der Waals surface area contributed by atoms with Gasteiger partial charge >= 0.3 is 0 Å². The highest BCUT2D eigenvalue weighted by molar-refractivity contribution is 5.85. The van der Waals surface area contributed by atoms with Crippen LogP contribution >= 0.6 is 0 Å². The average molecular weight is 273 g/mol. The third kappa shape index (κ3) is 4.25. The summed E-state index contributed by atoms with van der Waals surface area (Å²) in [4.78, 5) is 11.8. The maximum atomic E-state index is 13.1. The van der Waals surface area contributed by atoms with E-state index in [1.54, 1.807) is 0 Å². The molecule has 6 heteroatoms. The van der Waals surface area contributed by atoms with Gasteiger partial charge < -0.3 is 15.2 Å². The molecule has 0 bridgehead atoms. The van der Waals surface area contributed by atoms with Crippen LogP contribution in [0, 0.1) is 11.6 Å². The van der Waals surface area contributed by atoms with Crippen molar-refractivity contribution in [1.82, 2.24) is 5.32 Å². The molecule has 1 rings (SSSR count). The molecule has 0 saturated carbocycles. The topological polar surface area (TPSA) is 58.6 Å². The third-order valence-electron chi connectivity index (χ3n) is 2.68. The van der Waals surface area contributed by atoms with Crippen LogP contribution in [-0.2, 0) is 15.1 Å². The number of amides is 1. The predicted molar refractivity (Wildman–Crippen MR) is 65.4 cm³/mol. The standard InChI is InChI=1S/C13H17F2NO3/c1-13(18,12(17)16-4-3-5-19-2)9-6-10(14)8-11(15)7-9/h6-8,18H,3-5H2,1-2H3,(H,16,17). The Morgan fingerprint density at radius 3 is 2.47 bits per heavy atom. The first-order valence-electron chi connectivity index (χ1n) is 5.84. The van der Waals surface area contributed by atoms with E-state index in [-0.39, 0.29) is 5.56 Å². The van der Waals surface area contributed by atoms with Crippen molar-refractivity contribution in [3.05, 3.63) is 35.4 Å². The lowest BCUT2D eigenvalue weighted by atomic mass is 9.95. The minimum Gasteiger partial charge on any atom is -0.385 e. The van der Waals surface area contributed by atoms with Crippen molar-refractivity contribution in [2.24, 2.45) is 0 Å². The van der Waals surface area contributed by atoms with Crippen LogP contribution in [-0.4, -0.2) is 31.3 Å². The van der Waals surface area contributed by atoms with Crippen LogP contribution in [0.4, 0.5) is 8.78 Å². The van der Waals surface area contributed by atoms with Crippen molar-refractivity contribution < 1.29 is 23.4 Å². The first-order chi connectivity index (χ1) is 8.87.